The molecule has 2 heterocycles. The number of aliphatic hydroxyl groups is 2. The lowest BCUT2D eigenvalue weighted by molar-refractivity contribution is -0.155. The van der Waals surface area contributed by atoms with Crippen molar-refractivity contribution in [2.45, 2.75) is 69.1 Å². The van der Waals surface area contributed by atoms with Gasteiger partial charge in [0.15, 0.2) is 0 Å². The standard InChI is InChI=1S/C16H27NO3S/c18-14-6-2-1-4-12(14)13-5-3-9-17(13)15(19)16(20)7-10-21-11-8-16/h12-14,18,20H,1-11H2/t12-,13+,14+/m0/s1. The molecule has 21 heavy (non-hydrogen) atoms. The van der Waals surface area contributed by atoms with Crippen LogP contribution in [0.2, 0.25) is 0 Å². The minimum absolute atomic E-state index is 0.0666. The first-order valence-electron chi connectivity index (χ1n) is 8.41. The predicted octanol–water partition coefficient (Wildman–Crippen LogP) is 1.79. The number of carbonyl (C=O) groups is 1. The predicted molar refractivity (Wildman–Crippen MR) is 84.2 cm³/mol. The lowest BCUT2D eigenvalue weighted by Gasteiger charge is -2.41. The van der Waals surface area contributed by atoms with Gasteiger partial charge in [0.25, 0.3) is 5.91 Å². The highest BCUT2D eigenvalue weighted by Gasteiger charge is 2.46. The Morgan fingerprint density at radius 1 is 1.10 bits per heavy atom. The van der Waals surface area contributed by atoms with Gasteiger partial charge in [0.1, 0.15) is 5.60 Å². The molecule has 0 aromatic rings. The normalized spacial score (nSPS) is 36.7. The van der Waals surface area contributed by atoms with E-state index in [0.29, 0.717) is 12.8 Å². The third kappa shape index (κ3) is 3.10. The summed E-state index contributed by atoms with van der Waals surface area (Å²) < 4.78 is 0. The highest BCUT2D eigenvalue weighted by molar-refractivity contribution is 7.99. The van der Waals surface area contributed by atoms with E-state index >= 15 is 0 Å². The Hall–Kier alpha value is -0.260. The van der Waals surface area contributed by atoms with Crippen LogP contribution in [0, 0.1) is 5.92 Å². The molecule has 3 atom stereocenters. The molecule has 0 aromatic heterocycles. The summed E-state index contributed by atoms with van der Waals surface area (Å²) in [6.07, 6.45) is 7.01. The molecule has 0 aromatic carbocycles. The molecule has 2 saturated heterocycles. The molecule has 1 aliphatic carbocycles. The van der Waals surface area contributed by atoms with Gasteiger partial charge >= 0.3 is 0 Å². The molecule has 2 N–H and O–H groups in total. The van der Waals surface area contributed by atoms with Gasteiger partial charge in [-0.25, -0.2) is 0 Å². The van der Waals surface area contributed by atoms with E-state index in [1.165, 1.54) is 0 Å². The monoisotopic (exact) mass is 313 g/mol. The second-order valence-corrected chi connectivity index (χ2v) is 8.09. The zero-order valence-corrected chi connectivity index (χ0v) is 13.5. The third-order valence-corrected chi connectivity index (χ3v) is 6.54. The van der Waals surface area contributed by atoms with E-state index in [2.05, 4.69) is 0 Å². The first kappa shape index (κ1) is 15.6. The summed E-state index contributed by atoms with van der Waals surface area (Å²) in [7, 11) is 0. The van der Waals surface area contributed by atoms with Crippen LogP contribution in [0.3, 0.4) is 0 Å². The summed E-state index contributed by atoms with van der Waals surface area (Å²) >= 11 is 1.82. The lowest BCUT2D eigenvalue weighted by atomic mass is 9.80. The fraction of sp³-hybridized carbons (Fsp3) is 0.938. The molecular weight excluding hydrogens is 286 g/mol. The first-order valence-corrected chi connectivity index (χ1v) is 9.56. The Labute approximate surface area is 131 Å². The Bertz CT molecular complexity index is 384. The summed E-state index contributed by atoms with van der Waals surface area (Å²) in [5.41, 5.74) is -1.15. The van der Waals surface area contributed by atoms with Crippen molar-refractivity contribution in [2.75, 3.05) is 18.1 Å². The Kier molecular flexibility index (Phi) is 4.81. The summed E-state index contributed by atoms with van der Waals surface area (Å²) in [5, 5.41) is 21.0. The topological polar surface area (TPSA) is 60.8 Å². The van der Waals surface area contributed by atoms with Crippen LogP contribution in [0.25, 0.3) is 0 Å². The van der Waals surface area contributed by atoms with Gasteiger partial charge in [-0.3, -0.25) is 4.79 Å². The Morgan fingerprint density at radius 3 is 2.52 bits per heavy atom. The molecule has 120 valence electrons. The number of aliphatic hydroxyl groups excluding tert-OH is 1. The first-order chi connectivity index (χ1) is 10.1. The van der Waals surface area contributed by atoms with E-state index in [-0.39, 0.29) is 24.0 Å². The van der Waals surface area contributed by atoms with E-state index in [9.17, 15) is 15.0 Å². The van der Waals surface area contributed by atoms with Crippen molar-refractivity contribution in [3.8, 4) is 0 Å². The SMILES string of the molecule is O=C(N1CCC[C@@H]1[C@@H]1CCCC[C@H]1O)C1(O)CCSCC1. The average Bonchev–Trinajstić information content (AvgIpc) is 2.97. The van der Waals surface area contributed by atoms with Crippen LogP contribution in [0.5, 0.6) is 0 Å². The number of rotatable bonds is 2. The molecule has 1 amide bonds. The minimum atomic E-state index is -1.15. The smallest absolute Gasteiger partial charge is 0.254 e. The molecule has 3 fully saturated rings. The fourth-order valence-corrected chi connectivity index (χ4v) is 5.44. The van der Waals surface area contributed by atoms with E-state index < -0.39 is 5.60 Å². The molecule has 3 aliphatic rings. The molecular formula is C16H27NO3S. The van der Waals surface area contributed by atoms with Crippen LogP contribution in [0.1, 0.15) is 51.4 Å². The molecule has 5 heteroatoms. The van der Waals surface area contributed by atoms with Crippen LogP contribution in [-0.2, 0) is 4.79 Å². The van der Waals surface area contributed by atoms with E-state index in [0.717, 1.165) is 56.6 Å². The average molecular weight is 313 g/mol. The number of hydrogen-bond donors (Lipinski definition) is 2. The summed E-state index contributed by atoms with van der Waals surface area (Å²) in [6, 6.07) is 0.145. The van der Waals surface area contributed by atoms with Crippen molar-refractivity contribution < 1.29 is 15.0 Å². The van der Waals surface area contributed by atoms with Gasteiger partial charge in [-0.1, -0.05) is 12.8 Å². The highest BCUT2D eigenvalue weighted by atomic mass is 32.2. The van der Waals surface area contributed by atoms with E-state index in [1.807, 2.05) is 16.7 Å². The number of carbonyl (C=O) groups excluding carboxylic acids is 1. The Morgan fingerprint density at radius 2 is 1.81 bits per heavy atom. The zero-order valence-electron chi connectivity index (χ0n) is 12.7. The number of nitrogens with zero attached hydrogens (tertiary/aromatic N) is 1. The van der Waals surface area contributed by atoms with Gasteiger partial charge in [0.05, 0.1) is 6.10 Å². The molecule has 0 unspecified atom stereocenters. The van der Waals surface area contributed by atoms with Gasteiger partial charge in [-0.15, -0.1) is 0 Å². The summed E-state index contributed by atoms with van der Waals surface area (Å²) in [4.78, 5) is 14.8. The third-order valence-electron chi connectivity index (χ3n) is 5.55. The molecule has 1 saturated carbocycles. The van der Waals surface area contributed by atoms with E-state index in [4.69, 9.17) is 0 Å². The number of thioether (sulfide) groups is 1. The van der Waals surface area contributed by atoms with Crippen molar-refractivity contribution >= 4 is 17.7 Å². The van der Waals surface area contributed by atoms with Crippen LogP contribution in [0.4, 0.5) is 0 Å². The highest BCUT2D eigenvalue weighted by Crippen LogP contribution is 2.37. The van der Waals surface area contributed by atoms with Gasteiger partial charge in [0, 0.05) is 18.5 Å². The second kappa shape index (κ2) is 6.47. The molecule has 4 nitrogen and oxygen atoms in total. The Balaban J connectivity index is 1.72. The molecule has 3 rings (SSSR count). The lowest BCUT2D eigenvalue weighted by Crippen LogP contribution is -2.55. The minimum Gasteiger partial charge on any atom is -0.393 e. The van der Waals surface area contributed by atoms with Gasteiger partial charge < -0.3 is 15.1 Å². The van der Waals surface area contributed by atoms with Gasteiger partial charge in [0.2, 0.25) is 0 Å². The molecule has 0 bridgehead atoms. The zero-order chi connectivity index (χ0) is 14.9. The maximum Gasteiger partial charge on any atom is 0.254 e. The summed E-state index contributed by atoms with van der Waals surface area (Å²) in [5.74, 6) is 1.88. The molecule has 2 aliphatic heterocycles. The largest absolute Gasteiger partial charge is 0.393 e. The van der Waals surface area contributed by atoms with Crippen LogP contribution in [0.15, 0.2) is 0 Å². The summed E-state index contributed by atoms with van der Waals surface area (Å²) in [6.45, 7) is 0.752. The van der Waals surface area contributed by atoms with Gasteiger partial charge in [-0.2, -0.15) is 11.8 Å². The van der Waals surface area contributed by atoms with Gasteiger partial charge in [-0.05, 0) is 50.0 Å². The number of likely N-dealkylation sites (tertiary alicyclic amines) is 1. The molecule has 0 radical (unpaired) electrons. The van der Waals surface area contributed by atoms with Crippen LogP contribution in [-0.4, -0.2) is 56.8 Å². The maximum absolute atomic E-state index is 12.9. The van der Waals surface area contributed by atoms with Crippen molar-refractivity contribution in [3.63, 3.8) is 0 Å². The number of hydrogen-bond acceptors (Lipinski definition) is 4. The van der Waals surface area contributed by atoms with Crippen molar-refractivity contribution in [1.29, 1.82) is 0 Å². The van der Waals surface area contributed by atoms with Crippen LogP contribution >= 0.6 is 11.8 Å². The second-order valence-electron chi connectivity index (χ2n) is 6.87. The van der Waals surface area contributed by atoms with Crippen LogP contribution < -0.4 is 0 Å². The van der Waals surface area contributed by atoms with E-state index in [1.54, 1.807) is 0 Å². The quantitative estimate of drug-likeness (QED) is 0.816. The number of amides is 1. The maximum atomic E-state index is 12.9. The fourth-order valence-electron chi connectivity index (χ4n) is 4.27. The van der Waals surface area contributed by atoms with Crippen molar-refractivity contribution in [3.05, 3.63) is 0 Å². The van der Waals surface area contributed by atoms with Crippen molar-refractivity contribution in [1.82, 2.24) is 4.90 Å². The molecule has 0 spiro atoms. The van der Waals surface area contributed by atoms with Crippen molar-refractivity contribution in [2.24, 2.45) is 5.92 Å².